The van der Waals surface area contributed by atoms with Crippen LogP contribution in [0.5, 0.6) is 0 Å². The average Bonchev–Trinajstić information content (AvgIpc) is 2.28. The molecule has 108 valence electrons. The second-order valence-corrected chi connectivity index (χ2v) is 8.13. The maximum Gasteiger partial charge on any atom is -0.00205 e. The van der Waals surface area contributed by atoms with Gasteiger partial charge in [-0.15, -0.1) is 0 Å². The summed E-state index contributed by atoms with van der Waals surface area (Å²) in [5.41, 5.74) is 7.08. The molecule has 0 unspecified atom stereocenters. The van der Waals surface area contributed by atoms with E-state index in [0.717, 1.165) is 18.4 Å². The molecule has 0 radical (unpaired) electrons. The van der Waals surface area contributed by atoms with E-state index in [9.17, 15) is 0 Å². The number of nitrogens with two attached hydrogens (primary N) is 1. The smallest absolute Gasteiger partial charge is 0.00205 e. The lowest BCUT2D eigenvalue weighted by Gasteiger charge is -2.44. The maximum atomic E-state index is 6.11. The third-order valence-corrected chi connectivity index (χ3v) is 5.19. The summed E-state index contributed by atoms with van der Waals surface area (Å²) >= 11 is 0. The van der Waals surface area contributed by atoms with Crippen LogP contribution in [0.3, 0.4) is 0 Å². The predicted molar refractivity (Wildman–Crippen MR) is 81.6 cm³/mol. The van der Waals surface area contributed by atoms with Crippen molar-refractivity contribution in [2.75, 3.05) is 6.54 Å². The van der Waals surface area contributed by atoms with Crippen LogP contribution in [0.25, 0.3) is 0 Å². The molecule has 1 aliphatic carbocycles. The highest BCUT2D eigenvalue weighted by Crippen LogP contribution is 2.47. The lowest BCUT2D eigenvalue weighted by Crippen LogP contribution is -2.37. The molecule has 0 amide bonds. The molecule has 0 aromatic heterocycles. The third-order valence-electron chi connectivity index (χ3n) is 5.19. The van der Waals surface area contributed by atoms with Gasteiger partial charge in [-0.2, -0.15) is 0 Å². The summed E-state index contributed by atoms with van der Waals surface area (Å²) in [6, 6.07) is 0. The van der Waals surface area contributed by atoms with Crippen molar-refractivity contribution in [3.05, 3.63) is 0 Å². The Morgan fingerprint density at radius 1 is 1.17 bits per heavy atom. The highest BCUT2D eigenvalue weighted by Gasteiger charge is 2.37. The summed E-state index contributed by atoms with van der Waals surface area (Å²) in [5.74, 6) is 1.74. The Kier molecular flexibility index (Phi) is 5.70. The van der Waals surface area contributed by atoms with E-state index < -0.39 is 0 Å². The predicted octanol–water partition coefficient (Wildman–Crippen LogP) is 4.99. The molecule has 1 aliphatic rings. The molecule has 0 bridgehead atoms. The van der Waals surface area contributed by atoms with Gasteiger partial charge in [0.05, 0.1) is 0 Å². The van der Waals surface area contributed by atoms with Crippen LogP contribution in [0.4, 0.5) is 0 Å². The average molecular weight is 253 g/mol. The van der Waals surface area contributed by atoms with Gasteiger partial charge in [0.2, 0.25) is 0 Å². The lowest BCUT2D eigenvalue weighted by molar-refractivity contribution is 0.0835. The van der Waals surface area contributed by atoms with Gasteiger partial charge in [0.1, 0.15) is 0 Å². The zero-order valence-electron chi connectivity index (χ0n) is 13.4. The van der Waals surface area contributed by atoms with Gasteiger partial charge in [0.25, 0.3) is 0 Å². The van der Waals surface area contributed by atoms with E-state index in [2.05, 4.69) is 34.6 Å². The summed E-state index contributed by atoms with van der Waals surface area (Å²) in [7, 11) is 0. The molecule has 0 aromatic rings. The van der Waals surface area contributed by atoms with E-state index >= 15 is 0 Å². The van der Waals surface area contributed by atoms with Gasteiger partial charge in [-0.05, 0) is 61.3 Å². The standard InChI is InChI=1S/C17H35N/c1-14(2)7-6-10-17(13-18)11-8-15(9-12-17)16(3,4)5/h14-15H,6-13,18H2,1-5H3. The summed E-state index contributed by atoms with van der Waals surface area (Å²) < 4.78 is 0. The highest BCUT2D eigenvalue weighted by atomic mass is 14.6. The molecule has 2 N–H and O–H groups in total. The zero-order chi connectivity index (χ0) is 13.8. The molecular weight excluding hydrogens is 218 g/mol. The van der Waals surface area contributed by atoms with Gasteiger partial charge >= 0.3 is 0 Å². The van der Waals surface area contributed by atoms with Crippen LogP contribution in [0.15, 0.2) is 0 Å². The van der Waals surface area contributed by atoms with Crippen molar-refractivity contribution in [2.45, 2.75) is 79.6 Å². The van der Waals surface area contributed by atoms with Crippen molar-refractivity contribution in [1.82, 2.24) is 0 Å². The lowest BCUT2D eigenvalue weighted by atomic mass is 9.62. The van der Waals surface area contributed by atoms with Crippen molar-refractivity contribution >= 4 is 0 Å². The Bertz CT molecular complexity index is 228. The fourth-order valence-corrected chi connectivity index (χ4v) is 3.54. The quantitative estimate of drug-likeness (QED) is 0.733. The minimum absolute atomic E-state index is 0.483. The molecule has 0 spiro atoms. The molecule has 0 heterocycles. The topological polar surface area (TPSA) is 26.0 Å². The Morgan fingerprint density at radius 3 is 2.11 bits per heavy atom. The van der Waals surface area contributed by atoms with Crippen molar-refractivity contribution in [1.29, 1.82) is 0 Å². The van der Waals surface area contributed by atoms with Crippen LogP contribution in [0.1, 0.15) is 79.6 Å². The first-order valence-electron chi connectivity index (χ1n) is 7.99. The summed E-state index contributed by atoms with van der Waals surface area (Å²) in [4.78, 5) is 0. The summed E-state index contributed by atoms with van der Waals surface area (Å²) in [6.07, 6.45) is 9.61. The SMILES string of the molecule is CC(C)CCCC1(CN)CCC(C(C)(C)C)CC1. The van der Waals surface area contributed by atoms with Crippen molar-refractivity contribution < 1.29 is 0 Å². The van der Waals surface area contributed by atoms with Crippen molar-refractivity contribution in [3.63, 3.8) is 0 Å². The van der Waals surface area contributed by atoms with Crippen molar-refractivity contribution in [2.24, 2.45) is 28.4 Å². The van der Waals surface area contributed by atoms with Gasteiger partial charge < -0.3 is 5.73 Å². The minimum Gasteiger partial charge on any atom is -0.330 e. The van der Waals surface area contributed by atoms with E-state index in [1.807, 2.05) is 0 Å². The van der Waals surface area contributed by atoms with E-state index in [4.69, 9.17) is 5.73 Å². The zero-order valence-corrected chi connectivity index (χ0v) is 13.4. The molecule has 1 rings (SSSR count). The molecule has 18 heavy (non-hydrogen) atoms. The second-order valence-electron chi connectivity index (χ2n) is 8.13. The van der Waals surface area contributed by atoms with E-state index in [1.54, 1.807) is 0 Å². The molecule has 0 aromatic carbocycles. The number of hydrogen-bond acceptors (Lipinski definition) is 1. The van der Waals surface area contributed by atoms with Crippen molar-refractivity contribution in [3.8, 4) is 0 Å². The molecule has 1 nitrogen and oxygen atoms in total. The van der Waals surface area contributed by atoms with Gasteiger partial charge in [-0.25, -0.2) is 0 Å². The Labute approximate surface area is 115 Å². The summed E-state index contributed by atoms with van der Waals surface area (Å²) in [5, 5.41) is 0. The van der Waals surface area contributed by atoms with Gasteiger partial charge in [-0.3, -0.25) is 0 Å². The molecule has 1 heteroatoms. The Hall–Kier alpha value is -0.0400. The van der Waals surface area contributed by atoms with Crippen LogP contribution in [0, 0.1) is 22.7 Å². The van der Waals surface area contributed by atoms with Crippen LogP contribution in [0.2, 0.25) is 0 Å². The Balaban J connectivity index is 2.44. The van der Waals surface area contributed by atoms with Crippen LogP contribution in [-0.4, -0.2) is 6.54 Å². The largest absolute Gasteiger partial charge is 0.330 e. The van der Waals surface area contributed by atoms with E-state index in [-0.39, 0.29) is 0 Å². The van der Waals surface area contributed by atoms with E-state index in [1.165, 1.54) is 44.9 Å². The molecular formula is C17H35N. The number of hydrogen-bond donors (Lipinski definition) is 1. The van der Waals surface area contributed by atoms with Crippen LogP contribution < -0.4 is 5.73 Å². The maximum absolute atomic E-state index is 6.11. The molecule has 0 atom stereocenters. The fraction of sp³-hybridized carbons (Fsp3) is 1.00. The van der Waals surface area contributed by atoms with Gasteiger partial charge in [0.15, 0.2) is 0 Å². The first kappa shape index (κ1) is 16.0. The van der Waals surface area contributed by atoms with Crippen LogP contribution >= 0.6 is 0 Å². The normalized spacial score (nSPS) is 29.8. The first-order valence-corrected chi connectivity index (χ1v) is 7.99. The van der Waals surface area contributed by atoms with Crippen LogP contribution in [-0.2, 0) is 0 Å². The molecule has 1 fully saturated rings. The third kappa shape index (κ3) is 4.57. The summed E-state index contributed by atoms with van der Waals surface area (Å²) in [6.45, 7) is 12.7. The fourth-order valence-electron chi connectivity index (χ4n) is 3.54. The van der Waals surface area contributed by atoms with Gasteiger partial charge in [-0.1, -0.05) is 47.5 Å². The first-order chi connectivity index (χ1) is 8.29. The monoisotopic (exact) mass is 253 g/mol. The van der Waals surface area contributed by atoms with Gasteiger partial charge in [0, 0.05) is 0 Å². The molecule has 1 saturated carbocycles. The highest BCUT2D eigenvalue weighted by molar-refractivity contribution is 4.89. The van der Waals surface area contributed by atoms with E-state index in [0.29, 0.717) is 10.8 Å². The molecule has 0 aliphatic heterocycles. The Morgan fingerprint density at radius 2 is 1.72 bits per heavy atom. The second kappa shape index (κ2) is 6.41. The molecule has 0 saturated heterocycles. The number of rotatable bonds is 5. The minimum atomic E-state index is 0.483.